The molecule has 1 aromatic carbocycles. The van der Waals surface area contributed by atoms with Gasteiger partial charge in [-0.25, -0.2) is 21.2 Å². The van der Waals surface area contributed by atoms with E-state index in [2.05, 4.69) is 0 Å². The molecule has 0 spiro atoms. The van der Waals surface area contributed by atoms with Crippen molar-refractivity contribution in [1.82, 2.24) is 0 Å². The molecule has 0 heterocycles. The molecule has 0 amide bonds. The molecule has 1 aromatic rings. The molecule has 0 atom stereocenters. The summed E-state index contributed by atoms with van der Waals surface area (Å²) in [5.74, 6) is -1.51. The summed E-state index contributed by atoms with van der Waals surface area (Å²) in [5.41, 5.74) is 0. The van der Waals surface area contributed by atoms with Crippen molar-refractivity contribution in [2.45, 2.75) is 16.7 Å². The molecule has 0 aliphatic rings. The van der Waals surface area contributed by atoms with Crippen molar-refractivity contribution in [3.8, 4) is 0 Å². The molecule has 4 nitrogen and oxygen atoms in total. The molecule has 0 saturated heterocycles. The number of hydrogen-bond donors (Lipinski definition) is 0. The van der Waals surface area contributed by atoms with Crippen molar-refractivity contribution in [3.63, 3.8) is 0 Å². The number of hydrogen-bond acceptors (Lipinski definition) is 4. The van der Waals surface area contributed by atoms with E-state index in [9.17, 15) is 21.2 Å². The van der Waals surface area contributed by atoms with E-state index in [0.29, 0.717) is 0 Å². The molecule has 0 saturated carbocycles. The molecular formula is C8H8ClFO4S2. The van der Waals surface area contributed by atoms with Gasteiger partial charge >= 0.3 is 0 Å². The van der Waals surface area contributed by atoms with Crippen LogP contribution in [-0.4, -0.2) is 22.6 Å². The van der Waals surface area contributed by atoms with Crippen LogP contribution < -0.4 is 0 Å². The van der Waals surface area contributed by atoms with Crippen molar-refractivity contribution < 1.29 is 21.2 Å². The van der Waals surface area contributed by atoms with Crippen LogP contribution in [0.2, 0.25) is 0 Å². The van der Waals surface area contributed by atoms with E-state index >= 15 is 0 Å². The third kappa shape index (κ3) is 2.53. The van der Waals surface area contributed by atoms with Gasteiger partial charge < -0.3 is 0 Å². The Morgan fingerprint density at radius 1 is 1.25 bits per heavy atom. The third-order valence-electron chi connectivity index (χ3n) is 1.89. The monoisotopic (exact) mass is 286 g/mol. The lowest BCUT2D eigenvalue weighted by molar-refractivity contribution is 0.557. The highest BCUT2D eigenvalue weighted by atomic mass is 35.7. The zero-order valence-corrected chi connectivity index (χ0v) is 10.5. The minimum atomic E-state index is -4.44. The average Bonchev–Trinajstić information content (AvgIpc) is 2.15. The first-order chi connectivity index (χ1) is 7.20. The van der Waals surface area contributed by atoms with Crippen molar-refractivity contribution in [2.75, 3.05) is 5.75 Å². The van der Waals surface area contributed by atoms with Crippen molar-refractivity contribution in [2.24, 2.45) is 0 Å². The maximum absolute atomic E-state index is 13.3. The standard InChI is InChI=1S/C8H8ClFO4S2/c1-2-15(11,12)7-5-3-4-6(10)8(7)16(9,13)14/h3-5H,2H2,1H3. The van der Waals surface area contributed by atoms with Gasteiger partial charge in [0, 0.05) is 10.7 Å². The fourth-order valence-corrected chi connectivity index (χ4v) is 4.03. The maximum atomic E-state index is 13.3. The second-order valence-electron chi connectivity index (χ2n) is 2.91. The number of halogens is 2. The molecule has 0 fully saturated rings. The van der Waals surface area contributed by atoms with Gasteiger partial charge in [-0.3, -0.25) is 0 Å². The second-order valence-corrected chi connectivity index (χ2v) is 7.66. The van der Waals surface area contributed by atoms with Gasteiger partial charge in [0.1, 0.15) is 10.7 Å². The first-order valence-electron chi connectivity index (χ1n) is 4.16. The third-order valence-corrected chi connectivity index (χ3v) is 5.15. The molecule has 0 radical (unpaired) electrons. The quantitative estimate of drug-likeness (QED) is 0.791. The van der Waals surface area contributed by atoms with E-state index in [1.165, 1.54) is 6.92 Å². The minimum Gasteiger partial charge on any atom is -0.224 e. The summed E-state index contributed by atoms with van der Waals surface area (Å²) in [6.07, 6.45) is 0. The summed E-state index contributed by atoms with van der Waals surface area (Å²) in [4.78, 5) is -1.59. The Kier molecular flexibility index (Phi) is 3.61. The molecular weight excluding hydrogens is 279 g/mol. The van der Waals surface area contributed by atoms with Crippen LogP contribution in [0.15, 0.2) is 28.0 Å². The summed E-state index contributed by atoms with van der Waals surface area (Å²) in [6.45, 7) is 1.32. The number of rotatable bonds is 3. The fraction of sp³-hybridized carbons (Fsp3) is 0.250. The fourth-order valence-electron chi connectivity index (χ4n) is 1.13. The molecule has 0 aliphatic heterocycles. The summed E-state index contributed by atoms with van der Waals surface area (Å²) in [5, 5.41) is 0. The lowest BCUT2D eigenvalue weighted by atomic mass is 10.3. The van der Waals surface area contributed by atoms with Gasteiger partial charge in [-0.05, 0) is 12.1 Å². The van der Waals surface area contributed by atoms with Crippen LogP contribution in [0.4, 0.5) is 4.39 Å². The van der Waals surface area contributed by atoms with Crippen LogP contribution in [0.5, 0.6) is 0 Å². The predicted octanol–water partition coefficient (Wildman–Crippen LogP) is 1.55. The zero-order chi connectivity index (χ0) is 12.6. The zero-order valence-electron chi connectivity index (χ0n) is 8.14. The normalized spacial score (nSPS) is 12.7. The first-order valence-corrected chi connectivity index (χ1v) is 8.12. The van der Waals surface area contributed by atoms with Crippen LogP contribution in [0.3, 0.4) is 0 Å². The van der Waals surface area contributed by atoms with E-state index in [1.807, 2.05) is 0 Å². The summed E-state index contributed by atoms with van der Waals surface area (Å²) in [6, 6.07) is 2.96. The van der Waals surface area contributed by atoms with E-state index in [4.69, 9.17) is 10.7 Å². The number of sulfone groups is 1. The lowest BCUT2D eigenvalue weighted by Gasteiger charge is -2.06. The molecule has 8 heteroatoms. The highest BCUT2D eigenvalue weighted by molar-refractivity contribution is 8.14. The van der Waals surface area contributed by atoms with E-state index in [0.717, 1.165) is 18.2 Å². The number of benzene rings is 1. The molecule has 0 unspecified atom stereocenters. The van der Waals surface area contributed by atoms with Gasteiger partial charge in [-0.15, -0.1) is 0 Å². The Morgan fingerprint density at radius 2 is 1.81 bits per heavy atom. The highest BCUT2D eigenvalue weighted by Crippen LogP contribution is 2.27. The molecule has 0 N–H and O–H groups in total. The summed E-state index contributed by atoms with van der Waals surface area (Å²) < 4.78 is 58.5. The Balaban J connectivity index is 3.74. The summed E-state index contributed by atoms with van der Waals surface area (Å²) >= 11 is 0. The Bertz CT molecular complexity index is 607. The summed E-state index contributed by atoms with van der Waals surface area (Å²) in [7, 11) is -3.28. The predicted molar refractivity (Wildman–Crippen MR) is 57.2 cm³/mol. The van der Waals surface area contributed by atoms with Crippen molar-refractivity contribution >= 4 is 29.6 Å². The highest BCUT2D eigenvalue weighted by Gasteiger charge is 2.27. The second kappa shape index (κ2) is 4.31. The van der Waals surface area contributed by atoms with Crippen LogP contribution in [0, 0.1) is 5.82 Å². The molecule has 1 rings (SSSR count). The van der Waals surface area contributed by atoms with Crippen LogP contribution in [-0.2, 0) is 18.9 Å². The van der Waals surface area contributed by atoms with Crippen LogP contribution >= 0.6 is 10.7 Å². The largest absolute Gasteiger partial charge is 0.265 e. The van der Waals surface area contributed by atoms with E-state index in [1.54, 1.807) is 0 Å². The first kappa shape index (κ1) is 13.4. The SMILES string of the molecule is CCS(=O)(=O)c1cccc(F)c1S(=O)(=O)Cl. The van der Waals surface area contributed by atoms with Gasteiger partial charge in [0.2, 0.25) is 0 Å². The van der Waals surface area contributed by atoms with Crippen molar-refractivity contribution in [1.29, 1.82) is 0 Å². The van der Waals surface area contributed by atoms with Crippen LogP contribution in [0.1, 0.15) is 6.92 Å². The molecule has 16 heavy (non-hydrogen) atoms. The molecule has 90 valence electrons. The lowest BCUT2D eigenvalue weighted by Crippen LogP contribution is -2.10. The van der Waals surface area contributed by atoms with E-state index < -0.39 is 34.5 Å². The molecule has 0 bridgehead atoms. The van der Waals surface area contributed by atoms with Crippen molar-refractivity contribution in [3.05, 3.63) is 24.0 Å². The molecule has 0 aliphatic carbocycles. The average molecular weight is 287 g/mol. The van der Waals surface area contributed by atoms with Gasteiger partial charge in [0.05, 0.1) is 10.6 Å². The Hall–Kier alpha value is -0.660. The van der Waals surface area contributed by atoms with Crippen LogP contribution in [0.25, 0.3) is 0 Å². The Labute approximate surface area is 97.4 Å². The minimum absolute atomic E-state index is 0.337. The van der Waals surface area contributed by atoms with Gasteiger partial charge in [-0.1, -0.05) is 13.0 Å². The topological polar surface area (TPSA) is 68.3 Å². The molecule has 0 aromatic heterocycles. The van der Waals surface area contributed by atoms with Gasteiger partial charge in [-0.2, -0.15) is 0 Å². The maximum Gasteiger partial charge on any atom is 0.265 e. The van der Waals surface area contributed by atoms with Gasteiger partial charge in [0.15, 0.2) is 9.84 Å². The smallest absolute Gasteiger partial charge is 0.224 e. The Morgan fingerprint density at radius 3 is 2.25 bits per heavy atom. The van der Waals surface area contributed by atoms with Gasteiger partial charge in [0.25, 0.3) is 9.05 Å². The van der Waals surface area contributed by atoms with E-state index in [-0.39, 0.29) is 5.75 Å².